The zero-order valence-electron chi connectivity index (χ0n) is 10.1. The number of benzene rings is 1. The van der Waals surface area contributed by atoms with Gasteiger partial charge in [-0.25, -0.2) is 8.78 Å². The summed E-state index contributed by atoms with van der Waals surface area (Å²) in [5, 5.41) is 5.46. The minimum atomic E-state index is -0.917. The van der Waals surface area contributed by atoms with E-state index in [0.29, 0.717) is 18.7 Å². The fourth-order valence-electron chi connectivity index (χ4n) is 1.29. The largest absolute Gasteiger partial charge is 0.383 e. The first kappa shape index (κ1) is 14.5. The average molecular weight is 258 g/mol. The molecule has 0 saturated carbocycles. The summed E-state index contributed by atoms with van der Waals surface area (Å²) in [4.78, 5) is 11.3. The maximum absolute atomic E-state index is 12.9. The maximum Gasteiger partial charge on any atom is 0.234 e. The Morgan fingerprint density at radius 3 is 2.78 bits per heavy atom. The van der Waals surface area contributed by atoms with E-state index in [-0.39, 0.29) is 19.0 Å². The van der Waals surface area contributed by atoms with Gasteiger partial charge in [0.25, 0.3) is 0 Å². The molecule has 1 rings (SSSR count). The first-order valence-electron chi connectivity index (χ1n) is 5.53. The Morgan fingerprint density at radius 1 is 1.33 bits per heavy atom. The molecule has 1 aromatic rings. The van der Waals surface area contributed by atoms with Crippen LogP contribution in [0.2, 0.25) is 0 Å². The van der Waals surface area contributed by atoms with Crippen molar-refractivity contribution in [3.8, 4) is 0 Å². The van der Waals surface area contributed by atoms with Crippen LogP contribution in [0.4, 0.5) is 8.78 Å². The summed E-state index contributed by atoms with van der Waals surface area (Å²) in [6.45, 7) is 1.43. The van der Waals surface area contributed by atoms with Crippen molar-refractivity contribution < 1.29 is 18.3 Å². The van der Waals surface area contributed by atoms with E-state index in [1.807, 2.05) is 0 Å². The molecule has 4 nitrogen and oxygen atoms in total. The molecule has 0 atom stereocenters. The van der Waals surface area contributed by atoms with Crippen molar-refractivity contribution >= 4 is 5.91 Å². The van der Waals surface area contributed by atoms with E-state index >= 15 is 0 Å². The molecule has 0 bridgehead atoms. The smallest absolute Gasteiger partial charge is 0.234 e. The SMILES string of the molecule is COCCNCC(=O)NCc1ccc(F)c(F)c1. The second-order valence-corrected chi connectivity index (χ2v) is 3.69. The number of nitrogens with one attached hydrogen (secondary N) is 2. The number of methoxy groups -OCH3 is 1. The van der Waals surface area contributed by atoms with E-state index in [1.165, 1.54) is 6.07 Å². The predicted octanol–water partition coefficient (Wildman–Crippen LogP) is 0.817. The zero-order chi connectivity index (χ0) is 13.4. The molecule has 100 valence electrons. The van der Waals surface area contributed by atoms with Gasteiger partial charge in [0.05, 0.1) is 13.2 Å². The van der Waals surface area contributed by atoms with Gasteiger partial charge in [0.15, 0.2) is 11.6 Å². The first-order valence-corrected chi connectivity index (χ1v) is 5.53. The van der Waals surface area contributed by atoms with Crippen LogP contribution in [0.5, 0.6) is 0 Å². The van der Waals surface area contributed by atoms with Crippen molar-refractivity contribution in [2.75, 3.05) is 26.8 Å². The van der Waals surface area contributed by atoms with Gasteiger partial charge >= 0.3 is 0 Å². The third kappa shape index (κ3) is 5.20. The van der Waals surface area contributed by atoms with Crippen molar-refractivity contribution in [3.63, 3.8) is 0 Å². The molecule has 0 radical (unpaired) electrons. The standard InChI is InChI=1S/C12H16F2N2O2/c1-18-5-4-15-8-12(17)16-7-9-2-3-10(13)11(14)6-9/h2-3,6,15H,4-5,7-8H2,1H3,(H,16,17). The highest BCUT2D eigenvalue weighted by Gasteiger charge is 2.04. The molecule has 0 aromatic heterocycles. The summed E-state index contributed by atoms with van der Waals surface area (Å²) >= 11 is 0. The van der Waals surface area contributed by atoms with E-state index in [1.54, 1.807) is 7.11 Å². The van der Waals surface area contributed by atoms with Gasteiger partial charge in [-0.05, 0) is 17.7 Å². The fraction of sp³-hybridized carbons (Fsp3) is 0.417. The molecule has 0 saturated heterocycles. The lowest BCUT2D eigenvalue weighted by molar-refractivity contribution is -0.120. The van der Waals surface area contributed by atoms with Crippen LogP contribution in [0.1, 0.15) is 5.56 Å². The third-order valence-electron chi connectivity index (χ3n) is 2.24. The number of halogens is 2. The minimum absolute atomic E-state index is 0.160. The van der Waals surface area contributed by atoms with Gasteiger partial charge in [0.2, 0.25) is 5.91 Å². The molecule has 1 aromatic carbocycles. The van der Waals surface area contributed by atoms with Gasteiger partial charge in [0, 0.05) is 20.2 Å². The second-order valence-electron chi connectivity index (χ2n) is 3.69. The summed E-state index contributed by atoms with van der Waals surface area (Å²) in [5.74, 6) is -2.03. The Kier molecular flexibility index (Phi) is 6.24. The number of amides is 1. The quantitative estimate of drug-likeness (QED) is 0.712. The summed E-state index contributed by atoms with van der Waals surface area (Å²) in [5.41, 5.74) is 0.513. The molecule has 0 heterocycles. The monoisotopic (exact) mass is 258 g/mol. The van der Waals surface area contributed by atoms with E-state index in [9.17, 15) is 13.6 Å². The van der Waals surface area contributed by atoms with Gasteiger partial charge in [-0.3, -0.25) is 4.79 Å². The summed E-state index contributed by atoms with van der Waals surface area (Å²) in [7, 11) is 1.57. The lowest BCUT2D eigenvalue weighted by Gasteiger charge is -2.06. The molecule has 6 heteroatoms. The van der Waals surface area contributed by atoms with Crippen molar-refractivity contribution in [1.29, 1.82) is 0 Å². The Hall–Kier alpha value is -1.53. The van der Waals surface area contributed by atoms with Gasteiger partial charge < -0.3 is 15.4 Å². The number of hydrogen-bond donors (Lipinski definition) is 2. The predicted molar refractivity (Wildman–Crippen MR) is 63.0 cm³/mol. The third-order valence-corrected chi connectivity index (χ3v) is 2.24. The Morgan fingerprint density at radius 2 is 2.11 bits per heavy atom. The van der Waals surface area contributed by atoms with E-state index in [0.717, 1.165) is 12.1 Å². The highest BCUT2D eigenvalue weighted by molar-refractivity contribution is 5.77. The molecule has 2 N–H and O–H groups in total. The fourth-order valence-corrected chi connectivity index (χ4v) is 1.29. The molecular weight excluding hydrogens is 242 g/mol. The number of ether oxygens (including phenoxy) is 1. The second kappa shape index (κ2) is 7.73. The Labute approximate surface area is 104 Å². The minimum Gasteiger partial charge on any atom is -0.383 e. The van der Waals surface area contributed by atoms with Gasteiger partial charge in [-0.15, -0.1) is 0 Å². The first-order chi connectivity index (χ1) is 8.63. The summed E-state index contributed by atoms with van der Waals surface area (Å²) in [6.07, 6.45) is 0. The lowest BCUT2D eigenvalue weighted by Crippen LogP contribution is -2.34. The van der Waals surface area contributed by atoms with Gasteiger partial charge in [-0.2, -0.15) is 0 Å². The molecule has 1 amide bonds. The lowest BCUT2D eigenvalue weighted by atomic mass is 10.2. The van der Waals surface area contributed by atoms with Crippen molar-refractivity contribution in [2.24, 2.45) is 0 Å². The van der Waals surface area contributed by atoms with Crippen LogP contribution in [-0.2, 0) is 16.1 Å². The van der Waals surface area contributed by atoms with Crippen LogP contribution < -0.4 is 10.6 Å². The number of carbonyl (C=O) groups excluding carboxylic acids is 1. The molecule has 0 fully saturated rings. The summed E-state index contributed by atoms with van der Waals surface area (Å²) in [6, 6.07) is 3.53. The number of hydrogen-bond acceptors (Lipinski definition) is 3. The van der Waals surface area contributed by atoms with Crippen LogP contribution in [0, 0.1) is 11.6 Å². The van der Waals surface area contributed by atoms with E-state index in [4.69, 9.17) is 4.74 Å². The topological polar surface area (TPSA) is 50.4 Å². The molecule has 18 heavy (non-hydrogen) atoms. The van der Waals surface area contributed by atoms with Crippen LogP contribution in [-0.4, -0.2) is 32.7 Å². The van der Waals surface area contributed by atoms with Crippen molar-refractivity contribution in [1.82, 2.24) is 10.6 Å². The van der Waals surface area contributed by atoms with Gasteiger partial charge in [-0.1, -0.05) is 6.07 Å². The van der Waals surface area contributed by atoms with Crippen LogP contribution in [0.15, 0.2) is 18.2 Å². The van der Waals surface area contributed by atoms with Crippen LogP contribution >= 0.6 is 0 Å². The molecule has 0 unspecified atom stereocenters. The van der Waals surface area contributed by atoms with E-state index in [2.05, 4.69) is 10.6 Å². The highest BCUT2D eigenvalue weighted by atomic mass is 19.2. The molecular formula is C12H16F2N2O2. The molecule has 0 aliphatic rings. The van der Waals surface area contributed by atoms with Crippen molar-refractivity contribution in [3.05, 3.63) is 35.4 Å². The highest BCUT2D eigenvalue weighted by Crippen LogP contribution is 2.08. The molecule has 0 spiro atoms. The number of carbonyl (C=O) groups is 1. The van der Waals surface area contributed by atoms with E-state index < -0.39 is 11.6 Å². The maximum atomic E-state index is 12.9. The van der Waals surface area contributed by atoms with Gasteiger partial charge in [0.1, 0.15) is 0 Å². The normalized spacial score (nSPS) is 10.4. The van der Waals surface area contributed by atoms with Crippen LogP contribution in [0.3, 0.4) is 0 Å². The Bertz CT molecular complexity index is 400. The molecule has 0 aliphatic carbocycles. The van der Waals surface area contributed by atoms with Crippen LogP contribution in [0.25, 0.3) is 0 Å². The number of rotatable bonds is 7. The Balaban J connectivity index is 2.27. The average Bonchev–Trinajstić information content (AvgIpc) is 2.36. The van der Waals surface area contributed by atoms with Crippen molar-refractivity contribution in [2.45, 2.75) is 6.54 Å². The summed E-state index contributed by atoms with van der Waals surface area (Å²) < 4.78 is 30.3. The zero-order valence-corrected chi connectivity index (χ0v) is 10.1. The molecule has 0 aliphatic heterocycles.